The summed E-state index contributed by atoms with van der Waals surface area (Å²) in [5, 5.41) is 0. The summed E-state index contributed by atoms with van der Waals surface area (Å²) >= 11 is 0. The minimum absolute atomic E-state index is 0.168. The molecule has 2 aromatic rings. The fourth-order valence-corrected chi connectivity index (χ4v) is 4.27. The van der Waals surface area contributed by atoms with Crippen LogP contribution in [0.3, 0.4) is 0 Å². The molecule has 0 aromatic heterocycles. The van der Waals surface area contributed by atoms with Gasteiger partial charge in [0.05, 0.1) is 0 Å². The lowest BCUT2D eigenvalue weighted by Crippen LogP contribution is -2.26. The van der Waals surface area contributed by atoms with E-state index >= 15 is 0 Å². The Labute approximate surface area is 168 Å². The lowest BCUT2D eigenvalue weighted by atomic mass is 9.82. The predicted molar refractivity (Wildman–Crippen MR) is 113 cm³/mol. The zero-order valence-electron chi connectivity index (χ0n) is 17.0. The third-order valence-electron chi connectivity index (χ3n) is 5.87. The van der Waals surface area contributed by atoms with Crippen molar-refractivity contribution in [2.24, 2.45) is 0 Å². The minimum atomic E-state index is -1.30. The van der Waals surface area contributed by atoms with E-state index in [-0.39, 0.29) is 5.92 Å². The first-order valence-corrected chi connectivity index (χ1v) is 10.8. The van der Waals surface area contributed by atoms with Crippen molar-refractivity contribution in [3.8, 4) is 0 Å². The molecule has 0 N–H and O–H groups in total. The molecule has 0 amide bonds. The number of hydrogen-bond donors (Lipinski definition) is 0. The van der Waals surface area contributed by atoms with Crippen LogP contribution >= 0.6 is 0 Å². The SMILES string of the molecule is CCCN(CCCc1ccc(C2CCC(F)C(F)C2)cc1)Cc1ccccc1. The van der Waals surface area contributed by atoms with Gasteiger partial charge in [-0.1, -0.05) is 61.5 Å². The molecule has 152 valence electrons. The maximum absolute atomic E-state index is 13.7. The van der Waals surface area contributed by atoms with Crippen LogP contribution < -0.4 is 0 Å². The fraction of sp³-hybridized carbons (Fsp3) is 0.520. The molecule has 2 aromatic carbocycles. The highest BCUT2D eigenvalue weighted by molar-refractivity contribution is 5.26. The number of aryl methyl sites for hydroxylation is 1. The highest BCUT2D eigenvalue weighted by atomic mass is 19.2. The number of nitrogens with zero attached hydrogens (tertiary/aromatic N) is 1. The predicted octanol–water partition coefficient (Wildman–Crippen LogP) is 6.48. The van der Waals surface area contributed by atoms with Gasteiger partial charge in [0.2, 0.25) is 0 Å². The quantitative estimate of drug-likeness (QED) is 0.478. The van der Waals surface area contributed by atoms with Crippen molar-refractivity contribution >= 4 is 0 Å². The van der Waals surface area contributed by atoms with Gasteiger partial charge in [-0.05, 0) is 74.2 Å². The van der Waals surface area contributed by atoms with Crippen LogP contribution in [-0.4, -0.2) is 30.3 Å². The first-order valence-electron chi connectivity index (χ1n) is 10.8. The molecule has 3 heteroatoms. The summed E-state index contributed by atoms with van der Waals surface area (Å²) in [5.74, 6) is 0.168. The number of hydrogen-bond acceptors (Lipinski definition) is 1. The zero-order chi connectivity index (χ0) is 19.8. The van der Waals surface area contributed by atoms with E-state index in [1.165, 1.54) is 11.1 Å². The van der Waals surface area contributed by atoms with E-state index in [4.69, 9.17) is 0 Å². The first-order chi connectivity index (χ1) is 13.7. The third-order valence-corrected chi connectivity index (χ3v) is 5.87. The molecule has 0 radical (unpaired) electrons. The summed E-state index contributed by atoms with van der Waals surface area (Å²) in [4.78, 5) is 2.53. The molecule has 3 unspecified atom stereocenters. The van der Waals surface area contributed by atoms with Crippen molar-refractivity contribution in [1.29, 1.82) is 0 Å². The second-order valence-electron chi connectivity index (χ2n) is 8.15. The lowest BCUT2D eigenvalue weighted by Gasteiger charge is -2.27. The number of rotatable bonds is 9. The molecule has 1 fully saturated rings. The fourth-order valence-electron chi connectivity index (χ4n) is 4.27. The molecular formula is C25H33F2N. The minimum Gasteiger partial charge on any atom is -0.299 e. The van der Waals surface area contributed by atoms with E-state index in [9.17, 15) is 8.78 Å². The summed E-state index contributed by atoms with van der Waals surface area (Å²) in [6.45, 7) is 5.45. The summed E-state index contributed by atoms with van der Waals surface area (Å²) in [6.07, 6.45) is 2.22. The first kappa shape index (κ1) is 21.0. The highest BCUT2D eigenvalue weighted by Gasteiger charge is 2.31. The van der Waals surface area contributed by atoms with Crippen LogP contribution in [0.5, 0.6) is 0 Å². The Morgan fingerprint density at radius 2 is 1.61 bits per heavy atom. The molecule has 0 saturated heterocycles. The lowest BCUT2D eigenvalue weighted by molar-refractivity contribution is 0.108. The second-order valence-corrected chi connectivity index (χ2v) is 8.15. The maximum Gasteiger partial charge on any atom is 0.132 e. The summed E-state index contributed by atoms with van der Waals surface area (Å²) in [7, 11) is 0. The van der Waals surface area contributed by atoms with E-state index in [0.29, 0.717) is 12.8 Å². The van der Waals surface area contributed by atoms with E-state index < -0.39 is 12.3 Å². The van der Waals surface area contributed by atoms with Crippen molar-refractivity contribution in [3.05, 3.63) is 71.3 Å². The molecule has 0 heterocycles. The third kappa shape index (κ3) is 6.13. The Kier molecular flexibility index (Phi) is 8.02. The molecule has 0 aliphatic heterocycles. The van der Waals surface area contributed by atoms with Crippen LogP contribution in [0.25, 0.3) is 0 Å². The summed E-state index contributed by atoms with van der Waals surface area (Å²) in [6, 6.07) is 19.3. The molecule has 0 spiro atoms. The molecule has 1 nitrogen and oxygen atoms in total. The topological polar surface area (TPSA) is 3.24 Å². The van der Waals surface area contributed by atoms with Crippen LogP contribution in [0.4, 0.5) is 8.78 Å². The maximum atomic E-state index is 13.7. The van der Waals surface area contributed by atoms with E-state index in [2.05, 4.69) is 66.4 Å². The average molecular weight is 386 g/mol. The average Bonchev–Trinajstić information content (AvgIpc) is 2.71. The van der Waals surface area contributed by atoms with Gasteiger partial charge in [0.15, 0.2) is 0 Å². The van der Waals surface area contributed by atoms with Gasteiger partial charge in [-0.2, -0.15) is 0 Å². The second kappa shape index (κ2) is 10.7. The number of halogens is 2. The van der Waals surface area contributed by atoms with Gasteiger partial charge in [-0.15, -0.1) is 0 Å². The monoisotopic (exact) mass is 385 g/mol. The molecule has 1 saturated carbocycles. The largest absolute Gasteiger partial charge is 0.299 e. The van der Waals surface area contributed by atoms with E-state index in [1.54, 1.807) is 0 Å². The molecule has 0 bridgehead atoms. The van der Waals surface area contributed by atoms with Crippen molar-refractivity contribution in [2.45, 2.75) is 70.3 Å². The van der Waals surface area contributed by atoms with Crippen molar-refractivity contribution < 1.29 is 8.78 Å². The van der Waals surface area contributed by atoms with Crippen LogP contribution in [-0.2, 0) is 13.0 Å². The van der Waals surface area contributed by atoms with Crippen LogP contribution in [0.2, 0.25) is 0 Å². The Morgan fingerprint density at radius 3 is 2.29 bits per heavy atom. The van der Waals surface area contributed by atoms with Gasteiger partial charge in [0, 0.05) is 6.54 Å². The Morgan fingerprint density at radius 1 is 0.857 bits per heavy atom. The Balaban J connectivity index is 1.47. The molecule has 3 rings (SSSR count). The number of benzene rings is 2. The standard InChI is InChI=1S/C25H33F2N/c1-2-16-28(19-21-7-4-3-5-8-21)17-6-9-20-10-12-22(13-11-20)23-14-15-24(26)25(27)18-23/h3-5,7-8,10-13,23-25H,2,6,9,14-19H2,1H3. The van der Waals surface area contributed by atoms with Gasteiger partial charge in [0.25, 0.3) is 0 Å². The van der Waals surface area contributed by atoms with Crippen LogP contribution in [0.1, 0.15) is 61.6 Å². The molecule has 1 aliphatic rings. The smallest absolute Gasteiger partial charge is 0.132 e. The summed E-state index contributed by atoms with van der Waals surface area (Å²) in [5.41, 5.74) is 3.86. The van der Waals surface area contributed by atoms with Gasteiger partial charge >= 0.3 is 0 Å². The molecular weight excluding hydrogens is 352 g/mol. The Bertz CT molecular complexity index is 685. The van der Waals surface area contributed by atoms with Gasteiger partial charge in [0.1, 0.15) is 12.3 Å². The van der Waals surface area contributed by atoms with Gasteiger partial charge in [-0.3, -0.25) is 4.90 Å². The van der Waals surface area contributed by atoms with Crippen molar-refractivity contribution in [2.75, 3.05) is 13.1 Å². The molecule has 1 aliphatic carbocycles. The molecule has 28 heavy (non-hydrogen) atoms. The molecule has 3 atom stereocenters. The van der Waals surface area contributed by atoms with Crippen LogP contribution in [0, 0.1) is 0 Å². The highest BCUT2D eigenvalue weighted by Crippen LogP contribution is 2.35. The van der Waals surface area contributed by atoms with Crippen LogP contribution in [0.15, 0.2) is 54.6 Å². The summed E-state index contributed by atoms with van der Waals surface area (Å²) < 4.78 is 27.0. The van der Waals surface area contributed by atoms with Gasteiger partial charge in [-0.25, -0.2) is 8.78 Å². The Hall–Kier alpha value is -1.74. The normalized spacial score (nSPS) is 22.5. The number of alkyl halides is 2. The van der Waals surface area contributed by atoms with Crippen molar-refractivity contribution in [1.82, 2.24) is 4.90 Å². The van der Waals surface area contributed by atoms with Crippen molar-refractivity contribution in [3.63, 3.8) is 0 Å². The zero-order valence-corrected chi connectivity index (χ0v) is 17.0. The van der Waals surface area contributed by atoms with E-state index in [1.807, 2.05) is 0 Å². The van der Waals surface area contributed by atoms with Gasteiger partial charge < -0.3 is 0 Å². The van der Waals surface area contributed by atoms with E-state index in [0.717, 1.165) is 50.9 Å².